The highest BCUT2D eigenvalue weighted by Crippen LogP contribution is 2.46. The summed E-state index contributed by atoms with van der Waals surface area (Å²) in [6.07, 6.45) is 4.55. The standard InChI is InChI=1S/C13H24N2O.ClH/c1-3-14-10-11-4-8-15(9-5-11)12(16)13(2)6-7-13;/h11,14H,3-10H2,1-2H3;1H. The maximum atomic E-state index is 12.1. The van der Waals surface area contributed by atoms with Crippen LogP contribution in [0.15, 0.2) is 0 Å². The topological polar surface area (TPSA) is 32.3 Å². The summed E-state index contributed by atoms with van der Waals surface area (Å²) >= 11 is 0. The van der Waals surface area contributed by atoms with Crippen LogP contribution in [0.3, 0.4) is 0 Å². The molecule has 1 aliphatic carbocycles. The number of rotatable bonds is 4. The fourth-order valence-electron chi connectivity index (χ4n) is 2.47. The normalized spacial score (nSPS) is 23.1. The molecule has 1 heterocycles. The predicted molar refractivity (Wildman–Crippen MR) is 72.4 cm³/mol. The third-order valence-electron chi connectivity index (χ3n) is 4.10. The van der Waals surface area contributed by atoms with Crippen LogP contribution in [0.1, 0.15) is 39.5 Å². The Morgan fingerprint density at radius 2 is 1.94 bits per heavy atom. The van der Waals surface area contributed by atoms with Gasteiger partial charge in [-0.1, -0.05) is 13.8 Å². The van der Waals surface area contributed by atoms with Crippen molar-refractivity contribution in [2.24, 2.45) is 11.3 Å². The zero-order valence-electron chi connectivity index (χ0n) is 11.0. The first-order valence-electron chi connectivity index (χ1n) is 6.66. The van der Waals surface area contributed by atoms with Crippen molar-refractivity contribution in [1.29, 1.82) is 0 Å². The van der Waals surface area contributed by atoms with E-state index in [0.29, 0.717) is 5.91 Å². The first-order chi connectivity index (χ1) is 7.65. The monoisotopic (exact) mass is 260 g/mol. The van der Waals surface area contributed by atoms with E-state index >= 15 is 0 Å². The molecule has 1 saturated carbocycles. The Hall–Kier alpha value is -0.280. The lowest BCUT2D eigenvalue weighted by molar-refractivity contribution is -0.137. The summed E-state index contributed by atoms with van der Waals surface area (Å²) in [7, 11) is 0. The van der Waals surface area contributed by atoms with E-state index in [4.69, 9.17) is 0 Å². The number of hydrogen-bond donors (Lipinski definition) is 1. The van der Waals surface area contributed by atoms with Gasteiger partial charge in [-0.2, -0.15) is 0 Å². The Labute approximate surface area is 111 Å². The highest BCUT2D eigenvalue weighted by molar-refractivity contribution is 5.85. The molecule has 0 aromatic carbocycles. The Bertz CT molecular complexity index is 258. The molecule has 0 atom stereocenters. The first kappa shape index (κ1) is 14.8. The summed E-state index contributed by atoms with van der Waals surface area (Å²) in [6.45, 7) is 8.38. The second-order valence-electron chi connectivity index (χ2n) is 5.60. The lowest BCUT2D eigenvalue weighted by atomic mass is 9.95. The van der Waals surface area contributed by atoms with Crippen molar-refractivity contribution >= 4 is 18.3 Å². The third-order valence-corrected chi connectivity index (χ3v) is 4.10. The van der Waals surface area contributed by atoms with Crippen molar-refractivity contribution in [2.45, 2.75) is 39.5 Å². The van der Waals surface area contributed by atoms with Crippen LogP contribution in [0, 0.1) is 11.3 Å². The molecular weight excluding hydrogens is 236 g/mol. The second-order valence-corrected chi connectivity index (χ2v) is 5.60. The molecule has 1 N–H and O–H groups in total. The molecule has 1 amide bonds. The largest absolute Gasteiger partial charge is 0.342 e. The van der Waals surface area contributed by atoms with Gasteiger partial charge in [0.15, 0.2) is 0 Å². The molecule has 17 heavy (non-hydrogen) atoms. The van der Waals surface area contributed by atoms with E-state index in [-0.39, 0.29) is 17.8 Å². The van der Waals surface area contributed by atoms with Gasteiger partial charge in [-0.25, -0.2) is 0 Å². The molecule has 0 aromatic rings. The molecular formula is C13H25ClN2O. The Kier molecular flexibility index (Phi) is 5.26. The molecule has 2 fully saturated rings. The molecule has 4 heteroatoms. The number of carbonyl (C=O) groups is 1. The molecule has 0 radical (unpaired) electrons. The highest BCUT2D eigenvalue weighted by atomic mass is 35.5. The molecule has 2 aliphatic rings. The minimum absolute atomic E-state index is 0. The van der Waals surface area contributed by atoms with Gasteiger partial charge >= 0.3 is 0 Å². The van der Waals surface area contributed by atoms with Gasteiger partial charge in [-0.05, 0) is 44.7 Å². The third kappa shape index (κ3) is 3.59. The fraction of sp³-hybridized carbons (Fsp3) is 0.923. The van der Waals surface area contributed by atoms with Gasteiger partial charge < -0.3 is 10.2 Å². The molecule has 0 bridgehead atoms. The van der Waals surface area contributed by atoms with Crippen LogP contribution in [0.2, 0.25) is 0 Å². The van der Waals surface area contributed by atoms with E-state index in [1.54, 1.807) is 0 Å². The number of carbonyl (C=O) groups excluding carboxylic acids is 1. The maximum Gasteiger partial charge on any atom is 0.228 e. The minimum atomic E-state index is 0. The number of piperidine rings is 1. The van der Waals surface area contributed by atoms with Crippen LogP contribution in [0.5, 0.6) is 0 Å². The van der Waals surface area contributed by atoms with Gasteiger partial charge in [-0.3, -0.25) is 4.79 Å². The summed E-state index contributed by atoms with van der Waals surface area (Å²) in [5, 5.41) is 3.40. The number of amides is 1. The molecule has 3 nitrogen and oxygen atoms in total. The van der Waals surface area contributed by atoms with E-state index in [9.17, 15) is 4.79 Å². The highest BCUT2D eigenvalue weighted by Gasteiger charge is 2.47. The smallest absolute Gasteiger partial charge is 0.228 e. The molecule has 2 rings (SSSR count). The molecule has 100 valence electrons. The van der Waals surface area contributed by atoms with Gasteiger partial charge in [-0.15, -0.1) is 12.4 Å². The number of hydrogen-bond acceptors (Lipinski definition) is 2. The zero-order chi connectivity index (χ0) is 11.6. The Balaban J connectivity index is 0.00000144. The summed E-state index contributed by atoms with van der Waals surface area (Å²) in [5.74, 6) is 1.19. The van der Waals surface area contributed by atoms with Crippen molar-refractivity contribution < 1.29 is 4.79 Å². The Morgan fingerprint density at radius 3 is 2.41 bits per heavy atom. The van der Waals surface area contributed by atoms with Gasteiger partial charge in [0.1, 0.15) is 0 Å². The van der Waals surface area contributed by atoms with E-state index < -0.39 is 0 Å². The number of nitrogens with zero attached hydrogens (tertiary/aromatic N) is 1. The van der Waals surface area contributed by atoms with Crippen LogP contribution < -0.4 is 5.32 Å². The maximum absolute atomic E-state index is 12.1. The lowest BCUT2D eigenvalue weighted by Crippen LogP contribution is -2.43. The fourth-order valence-corrected chi connectivity index (χ4v) is 2.47. The summed E-state index contributed by atoms with van der Waals surface area (Å²) < 4.78 is 0. The van der Waals surface area contributed by atoms with Crippen LogP contribution in [0.4, 0.5) is 0 Å². The Morgan fingerprint density at radius 1 is 1.35 bits per heavy atom. The van der Waals surface area contributed by atoms with E-state index in [1.807, 2.05) is 0 Å². The van der Waals surface area contributed by atoms with E-state index in [0.717, 1.165) is 44.9 Å². The molecule has 0 spiro atoms. The SMILES string of the molecule is CCNCC1CCN(C(=O)C2(C)CC2)CC1.Cl. The van der Waals surface area contributed by atoms with Gasteiger partial charge in [0.2, 0.25) is 5.91 Å². The van der Waals surface area contributed by atoms with Gasteiger partial charge in [0.25, 0.3) is 0 Å². The molecule has 1 saturated heterocycles. The van der Waals surface area contributed by atoms with Crippen molar-refractivity contribution in [2.75, 3.05) is 26.2 Å². The van der Waals surface area contributed by atoms with Gasteiger partial charge in [0.05, 0.1) is 0 Å². The minimum Gasteiger partial charge on any atom is -0.342 e. The molecule has 0 unspecified atom stereocenters. The lowest BCUT2D eigenvalue weighted by Gasteiger charge is -2.33. The quantitative estimate of drug-likeness (QED) is 0.839. The summed E-state index contributed by atoms with van der Waals surface area (Å²) in [6, 6.07) is 0. The average Bonchev–Trinajstić information content (AvgIpc) is 3.06. The summed E-state index contributed by atoms with van der Waals surface area (Å²) in [4.78, 5) is 14.2. The van der Waals surface area contributed by atoms with Crippen LogP contribution in [0.25, 0.3) is 0 Å². The van der Waals surface area contributed by atoms with Crippen LogP contribution in [-0.4, -0.2) is 37.0 Å². The number of halogens is 1. The van der Waals surface area contributed by atoms with Crippen molar-refractivity contribution in [3.63, 3.8) is 0 Å². The van der Waals surface area contributed by atoms with E-state index in [1.165, 1.54) is 12.8 Å². The van der Waals surface area contributed by atoms with Crippen LogP contribution in [-0.2, 0) is 4.79 Å². The molecule has 1 aliphatic heterocycles. The zero-order valence-corrected chi connectivity index (χ0v) is 11.8. The summed E-state index contributed by atoms with van der Waals surface area (Å²) in [5.41, 5.74) is 0.0223. The first-order valence-corrected chi connectivity index (χ1v) is 6.66. The predicted octanol–water partition coefficient (Wildman–Crippen LogP) is 2.06. The average molecular weight is 261 g/mol. The van der Waals surface area contributed by atoms with Crippen LogP contribution >= 0.6 is 12.4 Å². The second kappa shape index (κ2) is 6.05. The van der Waals surface area contributed by atoms with Crippen molar-refractivity contribution in [3.8, 4) is 0 Å². The molecule has 0 aromatic heterocycles. The van der Waals surface area contributed by atoms with Crippen molar-refractivity contribution in [3.05, 3.63) is 0 Å². The van der Waals surface area contributed by atoms with E-state index in [2.05, 4.69) is 24.1 Å². The number of likely N-dealkylation sites (tertiary alicyclic amines) is 1. The van der Waals surface area contributed by atoms with Crippen molar-refractivity contribution in [1.82, 2.24) is 10.2 Å². The number of nitrogens with one attached hydrogen (secondary N) is 1. The van der Waals surface area contributed by atoms with Gasteiger partial charge in [0, 0.05) is 18.5 Å².